The van der Waals surface area contributed by atoms with Crippen molar-refractivity contribution in [3.63, 3.8) is 0 Å². The zero-order valence-corrected chi connectivity index (χ0v) is 14.9. The van der Waals surface area contributed by atoms with Gasteiger partial charge in [0, 0.05) is 10.7 Å². The fraction of sp³-hybridized carbons (Fsp3) is 0.235. The van der Waals surface area contributed by atoms with Gasteiger partial charge in [-0.25, -0.2) is 13.6 Å². The van der Waals surface area contributed by atoms with Gasteiger partial charge in [-0.3, -0.25) is 4.79 Å². The van der Waals surface area contributed by atoms with E-state index in [4.69, 9.17) is 16.7 Å². The van der Waals surface area contributed by atoms with E-state index in [9.17, 15) is 13.2 Å². The molecule has 2 aromatic rings. The van der Waals surface area contributed by atoms with E-state index in [-0.39, 0.29) is 22.6 Å². The van der Waals surface area contributed by atoms with Gasteiger partial charge in [-0.05, 0) is 41.8 Å². The molecule has 0 aromatic heterocycles. The topological polar surface area (TPSA) is 89.3 Å². The van der Waals surface area contributed by atoms with Gasteiger partial charge in [0.2, 0.25) is 15.9 Å². The van der Waals surface area contributed by atoms with Crippen LogP contribution in [0.2, 0.25) is 5.02 Å². The molecule has 0 saturated heterocycles. The highest BCUT2D eigenvalue weighted by molar-refractivity contribution is 7.89. The molecule has 0 bridgehead atoms. The second-order valence-electron chi connectivity index (χ2n) is 5.84. The van der Waals surface area contributed by atoms with Gasteiger partial charge < -0.3 is 5.32 Å². The van der Waals surface area contributed by atoms with Gasteiger partial charge in [0.25, 0.3) is 0 Å². The monoisotopic (exact) mass is 366 g/mol. The Hall–Kier alpha value is -1.89. The highest BCUT2D eigenvalue weighted by Gasteiger charge is 2.24. The molecule has 0 aliphatic heterocycles. The Morgan fingerprint density at radius 2 is 1.75 bits per heavy atom. The Bertz CT molecular complexity index is 833. The van der Waals surface area contributed by atoms with Gasteiger partial charge in [-0.2, -0.15) is 0 Å². The molecule has 0 unspecified atom stereocenters. The number of anilines is 1. The van der Waals surface area contributed by atoms with Crippen molar-refractivity contribution in [1.82, 2.24) is 0 Å². The third-order valence-corrected chi connectivity index (χ3v) is 4.77. The molecule has 128 valence electrons. The number of primary sulfonamides is 1. The van der Waals surface area contributed by atoms with Crippen molar-refractivity contribution in [2.75, 3.05) is 5.32 Å². The summed E-state index contributed by atoms with van der Waals surface area (Å²) in [5.74, 6) is -0.563. The fourth-order valence-corrected chi connectivity index (χ4v) is 3.17. The van der Waals surface area contributed by atoms with Crippen LogP contribution in [0.3, 0.4) is 0 Å². The largest absolute Gasteiger partial charge is 0.326 e. The van der Waals surface area contributed by atoms with E-state index in [1.807, 2.05) is 26.0 Å². The second-order valence-corrected chi connectivity index (χ2v) is 7.83. The van der Waals surface area contributed by atoms with Crippen LogP contribution < -0.4 is 10.5 Å². The number of amides is 1. The molecule has 1 atom stereocenters. The minimum atomic E-state index is -3.82. The van der Waals surface area contributed by atoms with Crippen molar-refractivity contribution in [3.05, 3.63) is 59.1 Å². The molecule has 1 amide bonds. The third-order valence-electron chi connectivity index (χ3n) is 3.61. The van der Waals surface area contributed by atoms with Crippen LogP contribution in [-0.4, -0.2) is 14.3 Å². The number of nitrogens with one attached hydrogen (secondary N) is 1. The van der Waals surface area contributed by atoms with E-state index in [0.717, 1.165) is 5.56 Å². The number of hydrogen-bond acceptors (Lipinski definition) is 3. The maximum absolute atomic E-state index is 12.7. The Morgan fingerprint density at radius 3 is 2.29 bits per heavy atom. The maximum atomic E-state index is 12.7. The van der Waals surface area contributed by atoms with Crippen LogP contribution in [0, 0.1) is 5.92 Å². The first-order chi connectivity index (χ1) is 11.2. The Kier molecular flexibility index (Phi) is 5.64. The smallest absolute Gasteiger partial charge is 0.238 e. The standard InChI is InChI=1S/C17H19ClN2O3S/c1-11(2)16(12-6-8-13(18)9-7-12)17(21)20-14-4-3-5-15(10-14)24(19,22)23/h3-11,16H,1-2H3,(H,20,21)(H2,19,22,23)/t16-/m0/s1. The molecule has 2 aromatic carbocycles. The molecule has 2 rings (SSSR count). The molecule has 0 aliphatic carbocycles. The number of hydrogen-bond donors (Lipinski definition) is 2. The molecule has 3 N–H and O–H groups in total. The summed E-state index contributed by atoms with van der Waals surface area (Å²) in [6.07, 6.45) is 0. The van der Waals surface area contributed by atoms with Crippen LogP contribution in [0.25, 0.3) is 0 Å². The van der Waals surface area contributed by atoms with Crippen LogP contribution in [0.4, 0.5) is 5.69 Å². The molecule has 7 heteroatoms. The lowest BCUT2D eigenvalue weighted by Crippen LogP contribution is -2.25. The number of rotatable bonds is 5. The normalized spacial score (nSPS) is 12.9. The van der Waals surface area contributed by atoms with Crippen molar-refractivity contribution in [1.29, 1.82) is 0 Å². The van der Waals surface area contributed by atoms with Crippen LogP contribution in [-0.2, 0) is 14.8 Å². The number of carbonyl (C=O) groups excluding carboxylic acids is 1. The third kappa shape index (κ3) is 4.56. The molecule has 0 aliphatic rings. The fourth-order valence-electron chi connectivity index (χ4n) is 2.48. The summed E-state index contributed by atoms with van der Waals surface area (Å²) < 4.78 is 22.8. The Morgan fingerprint density at radius 1 is 1.12 bits per heavy atom. The zero-order valence-electron chi connectivity index (χ0n) is 13.4. The van der Waals surface area contributed by atoms with Crippen molar-refractivity contribution in [2.45, 2.75) is 24.7 Å². The van der Waals surface area contributed by atoms with Crippen LogP contribution in [0.5, 0.6) is 0 Å². The molecular weight excluding hydrogens is 348 g/mol. The first kappa shape index (κ1) is 18.4. The van der Waals surface area contributed by atoms with Gasteiger partial charge in [0.1, 0.15) is 0 Å². The molecule has 0 spiro atoms. The quantitative estimate of drug-likeness (QED) is 0.850. The SMILES string of the molecule is CC(C)[C@H](C(=O)Nc1cccc(S(N)(=O)=O)c1)c1ccc(Cl)cc1. The summed E-state index contributed by atoms with van der Waals surface area (Å²) in [7, 11) is -3.82. The van der Waals surface area contributed by atoms with Crippen molar-refractivity contribution in [2.24, 2.45) is 11.1 Å². The predicted molar refractivity (Wildman–Crippen MR) is 95.5 cm³/mol. The molecular formula is C17H19ClN2O3S. The average molecular weight is 367 g/mol. The van der Waals surface area contributed by atoms with Gasteiger partial charge >= 0.3 is 0 Å². The summed E-state index contributed by atoms with van der Waals surface area (Å²) in [5.41, 5.74) is 1.22. The minimum absolute atomic E-state index is 0.0483. The molecule has 0 radical (unpaired) electrons. The minimum Gasteiger partial charge on any atom is -0.326 e. The zero-order chi connectivity index (χ0) is 17.9. The lowest BCUT2D eigenvalue weighted by Gasteiger charge is -2.21. The van der Waals surface area contributed by atoms with Gasteiger partial charge in [0.05, 0.1) is 10.8 Å². The summed E-state index contributed by atoms with van der Waals surface area (Å²) in [4.78, 5) is 12.6. The van der Waals surface area contributed by atoms with E-state index in [2.05, 4.69) is 5.32 Å². The summed E-state index contributed by atoms with van der Waals surface area (Å²) in [6, 6.07) is 13.0. The lowest BCUT2D eigenvalue weighted by atomic mass is 9.87. The predicted octanol–water partition coefficient (Wildman–Crippen LogP) is 3.37. The van der Waals surface area contributed by atoms with Crippen LogP contribution in [0.15, 0.2) is 53.4 Å². The molecule has 0 saturated carbocycles. The second kappa shape index (κ2) is 7.34. The van der Waals surface area contributed by atoms with E-state index in [0.29, 0.717) is 10.7 Å². The average Bonchev–Trinajstić information content (AvgIpc) is 2.48. The number of halogens is 1. The first-order valence-electron chi connectivity index (χ1n) is 7.37. The number of nitrogens with two attached hydrogens (primary N) is 1. The lowest BCUT2D eigenvalue weighted by molar-refractivity contribution is -0.118. The van der Waals surface area contributed by atoms with Crippen molar-refractivity contribution >= 4 is 33.2 Å². The maximum Gasteiger partial charge on any atom is 0.238 e. The van der Waals surface area contributed by atoms with E-state index in [1.165, 1.54) is 18.2 Å². The van der Waals surface area contributed by atoms with Crippen molar-refractivity contribution < 1.29 is 13.2 Å². The van der Waals surface area contributed by atoms with E-state index in [1.54, 1.807) is 18.2 Å². The van der Waals surface area contributed by atoms with Gasteiger partial charge in [-0.15, -0.1) is 0 Å². The number of benzene rings is 2. The van der Waals surface area contributed by atoms with Gasteiger partial charge in [0.15, 0.2) is 0 Å². The highest BCUT2D eigenvalue weighted by Crippen LogP contribution is 2.27. The first-order valence-corrected chi connectivity index (χ1v) is 9.30. The van der Waals surface area contributed by atoms with Crippen molar-refractivity contribution in [3.8, 4) is 0 Å². The van der Waals surface area contributed by atoms with E-state index >= 15 is 0 Å². The number of sulfonamides is 1. The van der Waals surface area contributed by atoms with Gasteiger partial charge in [-0.1, -0.05) is 43.6 Å². The van der Waals surface area contributed by atoms with Crippen LogP contribution in [0.1, 0.15) is 25.3 Å². The summed E-state index contributed by atoms with van der Waals surface area (Å²) in [6.45, 7) is 3.89. The van der Waals surface area contributed by atoms with E-state index < -0.39 is 10.0 Å². The molecule has 5 nitrogen and oxygen atoms in total. The summed E-state index contributed by atoms with van der Waals surface area (Å²) in [5, 5.41) is 8.47. The Labute approximate surface area is 146 Å². The van der Waals surface area contributed by atoms with Crippen LogP contribution >= 0.6 is 11.6 Å². The molecule has 24 heavy (non-hydrogen) atoms. The number of carbonyl (C=O) groups is 1. The highest BCUT2D eigenvalue weighted by atomic mass is 35.5. The summed E-state index contributed by atoms with van der Waals surface area (Å²) >= 11 is 5.90. The Balaban J connectivity index is 2.27. The molecule has 0 heterocycles. The molecule has 0 fully saturated rings.